The maximum atomic E-state index is 10.9. The first-order chi connectivity index (χ1) is 7.00. The van der Waals surface area contributed by atoms with Gasteiger partial charge in [0, 0.05) is 20.2 Å². The quantitative estimate of drug-likeness (QED) is 0.723. The second kappa shape index (κ2) is 4.50. The predicted molar refractivity (Wildman–Crippen MR) is 57.2 cm³/mol. The van der Waals surface area contributed by atoms with Crippen LogP contribution in [0.2, 0.25) is 0 Å². The SMILES string of the molecule is CC(=O)N(C)C=Cc1ccc(O)c(O)c1. The first kappa shape index (κ1) is 11.1. The van der Waals surface area contributed by atoms with Crippen LogP contribution in [0.3, 0.4) is 0 Å². The van der Waals surface area contributed by atoms with Gasteiger partial charge in [-0.2, -0.15) is 0 Å². The molecule has 0 aromatic heterocycles. The van der Waals surface area contributed by atoms with E-state index >= 15 is 0 Å². The van der Waals surface area contributed by atoms with Gasteiger partial charge in [0.25, 0.3) is 0 Å². The Hall–Kier alpha value is -1.97. The zero-order valence-electron chi connectivity index (χ0n) is 8.64. The molecule has 0 aliphatic heterocycles. The summed E-state index contributed by atoms with van der Waals surface area (Å²) < 4.78 is 0. The normalized spacial score (nSPS) is 10.5. The number of rotatable bonds is 2. The highest BCUT2D eigenvalue weighted by atomic mass is 16.3. The molecule has 1 rings (SSSR count). The van der Waals surface area contributed by atoms with Gasteiger partial charge in [-0.1, -0.05) is 6.07 Å². The number of carbonyl (C=O) groups is 1. The van der Waals surface area contributed by atoms with Crippen molar-refractivity contribution < 1.29 is 15.0 Å². The molecular weight excluding hydrogens is 194 g/mol. The fraction of sp³-hybridized carbons (Fsp3) is 0.182. The molecule has 1 amide bonds. The molecule has 0 bridgehead atoms. The van der Waals surface area contributed by atoms with Gasteiger partial charge >= 0.3 is 0 Å². The molecule has 0 spiro atoms. The average Bonchev–Trinajstić information content (AvgIpc) is 2.19. The topological polar surface area (TPSA) is 60.8 Å². The van der Waals surface area contributed by atoms with E-state index in [1.807, 2.05) is 0 Å². The number of aromatic hydroxyl groups is 2. The molecule has 80 valence electrons. The maximum Gasteiger partial charge on any atom is 0.223 e. The summed E-state index contributed by atoms with van der Waals surface area (Å²) >= 11 is 0. The Morgan fingerprint density at radius 1 is 1.33 bits per heavy atom. The van der Waals surface area contributed by atoms with Gasteiger partial charge in [0.05, 0.1) is 0 Å². The molecule has 0 heterocycles. The van der Waals surface area contributed by atoms with Crippen LogP contribution in [0.4, 0.5) is 0 Å². The summed E-state index contributed by atoms with van der Waals surface area (Å²) in [6.07, 6.45) is 3.26. The van der Waals surface area contributed by atoms with Gasteiger partial charge in [0.2, 0.25) is 5.91 Å². The lowest BCUT2D eigenvalue weighted by Gasteiger charge is -2.07. The lowest BCUT2D eigenvalue weighted by Crippen LogP contribution is -2.16. The third-order valence-corrected chi connectivity index (χ3v) is 1.99. The second-order valence-corrected chi connectivity index (χ2v) is 3.19. The molecule has 1 aromatic rings. The van der Waals surface area contributed by atoms with E-state index in [4.69, 9.17) is 5.11 Å². The molecule has 2 N–H and O–H groups in total. The smallest absolute Gasteiger partial charge is 0.223 e. The Kier molecular flexibility index (Phi) is 3.33. The van der Waals surface area contributed by atoms with Gasteiger partial charge in [-0.05, 0) is 23.8 Å². The standard InChI is InChI=1S/C11H13NO3/c1-8(13)12(2)6-5-9-3-4-10(14)11(15)7-9/h3-7,14-15H,1-2H3. The average molecular weight is 207 g/mol. The Labute approximate surface area is 88.1 Å². The predicted octanol–water partition coefficient (Wildman–Crippen LogP) is 1.55. The minimum atomic E-state index is -0.178. The molecule has 0 aliphatic rings. The summed E-state index contributed by atoms with van der Waals surface area (Å²) in [5.74, 6) is -0.413. The summed E-state index contributed by atoms with van der Waals surface area (Å²) in [4.78, 5) is 12.3. The molecule has 4 heteroatoms. The molecule has 15 heavy (non-hydrogen) atoms. The van der Waals surface area contributed by atoms with Gasteiger partial charge in [0.1, 0.15) is 0 Å². The largest absolute Gasteiger partial charge is 0.504 e. The highest BCUT2D eigenvalue weighted by molar-refractivity contribution is 5.75. The van der Waals surface area contributed by atoms with Gasteiger partial charge < -0.3 is 15.1 Å². The maximum absolute atomic E-state index is 10.9. The highest BCUT2D eigenvalue weighted by Crippen LogP contribution is 2.25. The number of nitrogens with zero attached hydrogens (tertiary/aromatic N) is 1. The van der Waals surface area contributed by atoms with Crippen LogP contribution >= 0.6 is 0 Å². The van der Waals surface area contributed by atoms with Crippen molar-refractivity contribution in [1.29, 1.82) is 0 Å². The fourth-order valence-corrected chi connectivity index (χ4v) is 0.947. The van der Waals surface area contributed by atoms with Crippen molar-refractivity contribution in [2.75, 3.05) is 7.05 Å². The third-order valence-electron chi connectivity index (χ3n) is 1.99. The molecule has 0 aliphatic carbocycles. The van der Waals surface area contributed by atoms with Crippen LogP contribution in [0.1, 0.15) is 12.5 Å². The molecular formula is C11H13NO3. The van der Waals surface area contributed by atoms with Gasteiger partial charge in [-0.25, -0.2) is 0 Å². The van der Waals surface area contributed by atoms with E-state index in [9.17, 15) is 9.90 Å². The zero-order chi connectivity index (χ0) is 11.4. The first-order valence-electron chi connectivity index (χ1n) is 4.44. The van der Waals surface area contributed by atoms with Crippen LogP contribution in [0.5, 0.6) is 11.5 Å². The van der Waals surface area contributed by atoms with Crippen LogP contribution in [0.15, 0.2) is 24.4 Å². The monoisotopic (exact) mass is 207 g/mol. The second-order valence-electron chi connectivity index (χ2n) is 3.19. The van der Waals surface area contributed by atoms with Crippen molar-refractivity contribution >= 4 is 12.0 Å². The fourth-order valence-electron chi connectivity index (χ4n) is 0.947. The summed E-state index contributed by atoms with van der Waals surface area (Å²) in [6, 6.07) is 4.45. The van der Waals surface area contributed by atoms with Crippen molar-refractivity contribution in [3.05, 3.63) is 30.0 Å². The minimum absolute atomic E-state index is 0.0748. The number of phenolic OH excluding ortho intramolecular Hbond substituents is 2. The van der Waals surface area contributed by atoms with Crippen molar-refractivity contribution in [2.24, 2.45) is 0 Å². The molecule has 0 saturated heterocycles. The highest BCUT2D eigenvalue weighted by Gasteiger charge is 1.99. The molecule has 4 nitrogen and oxygen atoms in total. The Morgan fingerprint density at radius 2 is 2.00 bits per heavy atom. The summed E-state index contributed by atoms with van der Waals surface area (Å²) in [5.41, 5.74) is 0.707. The number of amides is 1. The Bertz CT molecular complexity index is 399. The summed E-state index contributed by atoms with van der Waals surface area (Å²) in [6.45, 7) is 1.46. The molecule has 0 fully saturated rings. The van der Waals surface area contributed by atoms with E-state index in [1.165, 1.54) is 24.0 Å². The third kappa shape index (κ3) is 3.02. The van der Waals surface area contributed by atoms with E-state index < -0.39 is 0 Å². The van der Waals surface area contributed by atoms with Crippen molar-refractivity contribution in [2.45, 2.75) is 6.92 Å². The molecule has 0 radical (unpaired) electrons. The molecule has 1 aromatic carbocycles. The van der Waals surface area contributed by atoms with E-state index in [-0.39, 0.29) is 17.4 Å². The zero-order valence-corrected chi connectivity index (χ0v) is 8.64. The molecule has 0 saturated carbocycles. The van der Waals surface area contributed by atoms with E-state index in [0.29, 0.717) is 5.56 Å². The van der Waals surface area contributed by atoms with Gasteiger partial charge in [0.15, 0.2) is 11.5 Å². The van der Waals surface area contributed by atoms with E-state index in [0.717, 1.165) is 0 Å². The van der Waals surface area contributed by atoms with E-state index in [1.54, 1.807) is 25.4 Å². The summed E-state index contributed by atoms with van der Waals surface area (Å²) in [7, 11) is 1.64. The Morgan fingerprint density at radius 3 is 2.53 bits per heavy atom. The van der Waals surface area contributed by atoms with Crippen LogP contribution in [-0.4, -0.2) is 28.1 Å². The van der Waals surface area contributed by atoms with Crippen molar-refractivity contribution in [3.63, 3.8) is 0 Å². The summed E-state index contributed by atoms with van der Waals surface area (Å²) in [5, 5.41) is 18.3. The number of hydrogen-bond acceptors (Lipinski definition) is 3. The van der Waals surface area contributed by atoms with Crippen LogP contribution in [0.25, 0.3) is 6.08 Å². The number of carbonyl (C=O) groups excluding carboxylic acids is 1. The number of benzene rings is 1. The Balaban J connectivity index is 2.81. The molecule has 0 unspecified atom stereocenters. The van der Waals surface area contributed by atoms with Crippen molar-refractivity contribution in [1.82, 2.24) is 4.90 Å². The van der Waals surface area contributed by atoms with E-state index in [2.05, 4.69) is 0 Å². The first-order valence-corrected chi connectivity index (χ1v) is 4.44. The van der Waals surface area contributed by atoms with Crippen LogP contribution in [-0.2, 0) is 4.79 Å². The lowest BCUT2D eigenvalue weighted by molar-refractivity contribution is -0.125. The van der Waals surface area contributed by atoms with Crippen LogP contribution in [0, 0.1) is 0 Å². The number of hydrogen-bond donors (Lipinski definition) is 2. The molecule has 0 atom stereocenters. The minimum Gasteiger partial charge on any atom is -0.504 e. The van der Waals surface area contributed by atoms with Crippen LogP contribution < -0.4 is 0 Å². The van der Waals surface area contributed by atoms with Gasteiger partial charge in [-0.3, -0.25) is 4.79 Å². The van der Waals surface area contributed by atoms with Crippen molar-refractivity contribution in [3.8, 4) is 11.5 Å². The lowest BCUT2D eigenvalue weighted by atomic mass is 10.2. The van der Waals surface area contributed by atoms with Gasteiger partial charge in [-0.15, -0.1) is 0 Å². The number of phenols is 2.